The Morgan fingerprint density at radius 2 is 2.23 bits per heavy atom. The van der Waals surface area contributed by atoms with Crippen molar-refractivity contribution < 1.29 is 0 Å². The normalized spacial score (nSPS) is 21.9. The minimum absolute atomic E-state index is 0.0255. The third-order valence-corrected chi connectivity index (χ3v) is 1.67. The topological polar surface area (TPSA) is 52.0 Å². The molecule has 5 nitrogen and oxygen atoms in total. The molecule has 1 rings (SSSR count). The molecule has 2 N–H and O–H groups in total. The second-order valence-corrected chi connectivity index (χ2v) is 2.77. The lowest BCUT2D eigenvalue weighted by Crippen LogP contribution is -2.52. The largest absolute Gasteiger partial charge is 0.278 e. The molecule has 0 amide bonds. The van der Waals surface area contributed by atoms with Crippen molar-refractivity contribution in [3.05, 3.63) is 0 Å². The van der Waals surface area contributed by atoms with Gasteiger partial charge in [0.1, 0.15) is 12.2 Å². The summed E-state index contributed by atoms with van der Waals surface area (Å²) in [5.74, 6) is 0.806. The highest BCUT2D eigenvalue weighted by molar-refractivity contribution is 5.88. The van der Waals surface area contributed by atoms with Gasteiger partial charge in [-0.05, 0) is 13.5 Å². The highest BCUT2D eigenvalue weighted by atomic mass is 15.6. The lowest BCUT2D eigenvalue weighted by atomic mass is 10.6. The van der Waals surface area contributed by atoms with Crippen molar-refractivity contribution in [2.75, 3.05) is 13.1 Å². The fourth-order valence-corrected chi connectivity index (χ4v) is 1.12. The van der Waals surface area contributed by atoms with E-state index in [0.717, 1.165) is 18.9 Å². The molecule has 0 saturated carbocycles. The lowest BCUT2D eigenvalue weighted by molar-refractivity contribution is 0.211. The first-order chi connectivity index (χ1) is 6.27. The van der Waals surface area contributed by atoms with Crippen molar-refractivity contribution in [3.63, 3.8) is 0 Å². The van der Waals surface area contributed by atoms with Crippen LogP contribution in [0.5, 0.6) is 0 Å². The summed E-state index contributed by atoms with van der Waals surface area (Å²) >= 11 is 0. The molecule has 13 heavy (non-hydrogen) atoms. The Bertz CT molecular complexity index is 211. The van der Waals surface area contributed by atoms with Gasteiger partial charge in [-0.3, -0.25) is 10.3 Å². The number of nitrogens with zero attached hydrogens (tertiary/aromatic N) is 3. The minimum atomic E-state index is -0.0255. The van der Waals surface area contributed by atoms with Gasteiger partial charge in [0, 0.05) is 6.54 Å². The van der Waals surface area contributed by atoms with Gasteiger partial charge in [0.2, 0.25) is 0 Å². The first-order valence-corrected chi connectivity index (χ1v) is 4.61. The molecule has 0 saturated heterocycles. The number of hydrazine groups is 1. The lowest BCUT2D eigenvalue weighted by Gasteiger charge is -2.29. The Labute approximate surface area is 78.9 Å². The van der Waals surface area contributed by atoms with Gasteiger partial charge >= 0.3 is 0 Å². The molecule has 0 radical (unpaired) electrons. The number of amidine groups is 1. The first-order valence-electron chi connectivity index (χ1n) is 4.61. The monoisotopic (exact) mass is 183 g/mol. The third-order valence-electron chi connectivity index (χ3n) is 1.67. The van der Waals surface area contributed by atoms with Crippen LogP contribution in [0.1, 0.15) is 20.8 Å². The van der Waals surface area contributed by atoms with E-state index < -0.39 is 0 Å². The highest BCUT2D eigenvalue weighted by Crippen LogP contribution is 1.99. The fraction of sp³-hybridized carbons (Fsp3) is 0.750. The van der Waals surface area contributed by atoms with Crippen LogP contribution in [-0.4, -0.2) is 36.6 Å². The molecule has 1 aliphatic rings. The summed E-state index contributed by atoms with van der Waals surface area (Å²) in [6.45, 7) is 7.74. The number of hydrogen-bond acceptors (Lipinski definition) is 5. The zero-order valence-electron chi connectivity index (χ0n) is 8.41. The summed E-state index contributed by atoms with van der Waals surface area (Å²) in [4.78, 5) is 8.45. The van der Waals surface area contributed by atoms with Crippen LogP contribution in [0.3, 0.4) is 0 Å². The van der Waals surface area contributed by atoms with Crippen LogP contribution < -0.4 is 10.7 Å². The van der Waals surface area contributed by atoms with Gasteiger partial charge < -0.3 is 0 Å². The summed E-state index contributed by atoms with van der Waals surface area (Å²) < 4.78 is 0. The van der Waals surface area contributed by atoms with Crippen molar-refractivity contribution in [2.24, 2.45) is 9.98 Å². The molecule has 1 unspecified atom stereocenters. The summed E-state index contributed by atoms with van der Waals surface area (Å²) in [5.41, 5.74) is 3.15. The zero-order valence-corrected chi connectivity index (χ0v) is 8.41. The second kappa shape index (κ2) is 4.94. The van der Waals surface area contributed by atoms with E-state index in [1.165, 1.54) is 0 Å². The van der Waals surface area contributed by atoms with Crippen LogP contribution in [0.15, 0.2) is 9.98 Å². The van der Waals surface area contributed by atoms with Crippen molar-refractivity contribution in [1.29, 1.82) is 0 Å². The SMILES string of the molecule is CCNC1N=C(C)N=CN1NCC. The van der Waals surface area contributed by atoms with Crippen molar-refractivity contribution >= 4 is 12.2 Å². The average Bonchev–Trinajstić information content (AvgIpc) is 2.10. The summed E-state index contributed by atoms with van der Waals surface area (Å²) in [7, 11) is 0. The molecule has 5 heteroatoms. The summed E-state index contributed by atoms with van der Waals surface area (Å²) in [5, 5.41) is 5.11. The van der Waals surface area contributed by atoms with Gasteiger partial charge in [0.15, 0.2) is 6.29 Å². The maximum atomic E-state index is 4.34. The van der Waals surface area contributed by atoms with Crippen molar-refractivity contribution in [1.82, 2.24) is 15.8 Å². The van der Waals surface area contributed by atoms with Gasteiger partial charge in [0.25, 0.3) is 0 Å². The van der Waals surface area contributed by atoms with Crippen LogP contribution in [0.2, 0.25) is 0 Å². The standard InChI is InChI=1S/C8H17N5/c1-4-9-8-12-7(3)10-6-13(8)11-5-2/h6,8-9,11H,4-5H2,1-3H3. The fourth-order valence-electron chi connectivity index (χ4n) is 1.12. The molecule has 1 heterocycles. The highest BCUT2D eigenvalue weighted by Gasteiger charge is 2.15. The van der Waals surface area contributed by atoms with E-state index in [2.05, 4.69) is 27.7 Å². The minimum Gasteiger partial charge on any atom is -0.278 e. The zero-order chi connectivity index (χ0) is 9.68. The van der Waals surface area contributed by atoms with Crippen molar-refractivity contribution in [3.8, 4) is 0 Å². The van der Waals surface area contributed by atoms with E-state index in [0.29, 0.717) is 0 Å². The van der Waals surface area contributed by atoms with Crippen LogP contribution in [0.25, 0.3) is 0 Å². The summed E-state index contributed by atoms with van der Waals surface area (Å²) in [6.07, 6.45) is 1.74. The maximum absolute atomic E-state index is 4.34. The van der Waals surface area contributed by atoms with E-state index in [1.807, 2.05) is 18.9 Å². The van der Waals surface area contributed by atoms with E-state index in [1.54, 1.807) is 6.34 Å². The predicted molar refractivity (Wildman–Crippen MR) is 54.6 cm³/mol. The number of nitrogens with one attached hydrogen (secondary N) is 2. The molecule has 0 aromatic carbocycles. The Hall–Kier alpha value is -0.940. The molecule has 0 spiro atoms. The van der Waals surface area contributed by atoms with Gasteiger partial charge in [-0.15, -0.1) is 0 Å². The Kier molecular flexibility index (Phi) is 3.85. The van der Waals surface area contributed by atoms with Crippen molar-refractivity contribution in [2.45, 2.75) is 27.1 Å². The number of hydrogen-bond donors (Lipinski definition) is 2. The Morgan fingerprint density at radius 3 is 2.85 bits per heavy atom. The molecule has 0 aromatic heterocycles. The maximum Gasteiger partial charge on any atom is 0.192 e. The van der Waals surface area contributed by atoms with E-state index >= 15 is 0 Å². The molecule has 0 fully saturated rings. The molecule has 0 aromatic rings. The quantitative estimate of drug-likeness (QED) is 0.653. The summed E-state index contributed by atoms with van der Waals surface area (Å²) in [6, 6.07) is 0. The van der Waals surface area contributed by atoms with Crippen LogP contribution in [0.4, 0.5) is 0 Å². The molecule has 74 valence electrons. The van der Waals surface area contributed by atoms with Crippen LogP contribution >= 0.6 is 0 Å². The second-order valence-electron chi connectivity index (χ2n) is 2.77. The van der Waals surface area contributed by atoms with E-state index in [4.69, 9.17) is 0 Å². The average molecular weight is 183 g/mol. The van der Waals surface area contributed by atoms with E-state index in [-0.39, 0.29) is 6.29 Å². The predicted octanol–water partition coefficient (Wildman–Crippen LogP) is 0.166. The number of aliphatic imine (C=N–C) groups is 2. The van der Waals surface area contributed by atoms with Gasteiger partial charge in [-0.1, -0.05) is 13.8 Å². The Balaban J connectivity index is 2.58. The van der Waals surface area contributed by atoms with Crippen LogP contribution in [0, 0.1) is 0 Å². The van der Waals surface area contributed by atoms with Crippen LogP contribution in [-0.2, 0) is 0 Å². The molecule has 0 aliphatic carbocycles. The first kappa shape index (κ1) is 10.1. The molecule has 0 bridgehead atoms. The van der Waals surface area contributed by atoms with Gasteiger partial charge in [-0.2, -0.15) is 0 Å². The molecule has 1 aliphatic heterocycles. The number of rotatable bonds is 4. The molecular formula is C8H17N5. The Morgan fingerprint density at radius 1 is 1.46 bits per heavy atom. The van der Waals surface area contributed by atoms with Gasteiger partial charge in [0.05, 0.1) is 0 Å². The smallest absolute Gasteiger partial charge is 0.192 e. The van der Waals surface area contributed by atoms with Gasteiger partial charge in [-0.25, -0.2) is 15.4 Å². The molecular weight excluding hydrogens is 166 g/mol. The molecule has 1 atom stereocenters. The third kappa shape index (κ3) is 2.78. The van der Waals surface area contributed by atoms with E-state index in [9.17, 15) is 0 Å².